The maximum absolute atomic E-state index is 12.0. The number of amides is 1. The molecule has 0 bridgehead atoms. The normalized spacial score (nSPS) is 12.8. The molecule has 13 heavy (non-hydrogen) atoms. The lowest BCUT2D eigenvalue weighted by Crippen LogP contribution is -2.47. The highest BCUT2D eigenvalue weighted by atomic mass is 19.4. The first kappa shape index (κ1) is 12.1. The first-order chi connectivity index (χ1) is 5.70. The van der Waals surface area contributed by atoms with Gasteiger partial charge in [-0.1, -0.05) is 0 Å². The van der Waals surface area contributed by atoms with Crippen LogP contribution in [-0.4, -0.2) is 31.1 Å². The molecule has 0 rings (SSSR count). The van der Waals surface area contributed by atoms with E-state index < -0.39 is 31.1 Å². The molecule has 0 aliphatic carbocycles. The first-order valence-electron chi connectivity index (χ1n) is 3.12. The molecule has 3 N–H and O–H groups in total. The zero-order chi connectivity index (χ0) is 10.7. The molecule has 0 aliphatic rings. The number of hydrogen-bond donors (Lipinski definition) is 2. The van der Waals surface area contributed by atoms with Gasteiger partial charge >= 0.3 is 12.1 Å². The summed E-state index contributed by atoms with van der Waals surface area (Å²) in [6.07, 6.45) is -5.66. The van der Waals surface area contributed by atoms with Crippen LogP contribution in [-0.2, 0) is 4.79 Å². The molecule has 0 spiro atoms. The summed E-state index contributed by atoms with van der Waals surface area (Å²) in [6, 6.07) is 0. The summed E-state index contributed by atoms with van der Waals surface area (Å²) in [5, 5.41) is 1.35. The van der Waals surface area contributed by atoms with E-state index in [2.05, 4.69) is 5.73 Å². The Morgan fingerprint density at radius 2 is 1.69 bits per heavy atom. The molecule has 0 unspecified atom stereocenters. The second-order valence-electron chi connectivity index (χ2n) is 2.18. The van der Waals surface area contributed by atoms with E-state index in [9.17, 15) is 26.7 Å². The predicted octanol–water partition coefficient (Wildman–Crippen LogP) is 0.259. The van der Waals surface area contributed by atoms with Crippen LogP contribution in [0.2, 0.25) is 0 Å². The molecular formula is C5H7F5N2O. The van der Waals surface area contributed by atoms with E-state index in [4.69, 9.17) is 0 Å². The third-order valence-corrected chi connectivity index (χ3v) is 1.11. The Hall–Kier alpha value is -0.920. The lowest BCUT2D eigenvalue weighted by Gasteiger charge is -2.19. The number of carbonyl (C=O) groups is 1. The van der Waals surface area contributed by atoms with Gasteiger partial charge in [-0.2, -0.15) is 22.0 Å². The highest BCUT2D eigenvalue weighted by molar-refractivity contribution is 5.77. The van der Waals surface area contributed by atoms with Crippen LogP contribution in [0.3, 0.4) is 0 Å². The van der Waals surface area contributed by atoms with Crippen molar-refractivity contribution >= 4 is 5.91 Å². The number of alkyl halides is 5. The van der Waals surface area contributed by atoms with Gasteiger partial charge in [0.15, 0.2) is 0 Å². The number of carbonyl (C=O) groups excluding carboxylic acids is 1. The van der Waals surface area contributed by atoms with Gasteiger partial charge in [0.25, 0.3) is 0 Å². The number of rotatable bonds is 3. The van der Waals surface area contributed by atoms with Gasteiger partial charge in [-0.15, -0.1) is 0 Å². The Morgan fingerprint density at radius 3 is 2.00 bits per heavy atom. The smallest absolute Gasteiger partial charge is 0.349 e. The van der Waals surface area contributed by atoms with Crippen molar-refractivity contribution in [2.75, 3.05) is 13.1 Å². The van der Waals surface area contributed by atoms with E-state index in [1.54, 1.807) is 0 Å². The SMILES string of the molecule is NCC(=O)NCC(F)(F)C(F)(F)F. The average molecular weight is 206 g/mol. The van der Waals surface area contributed by atoms with Crippen LogP contribution in [0.1, 0.15) is 0 Å². The van der Waals surface area contributed by atoms with Crippen LogP contribution in [0, 0.1) is 0 Å². The van der Waals surface area contributed by atoms with Crippen LogP contribution in [0.5, 0.6) is 0 Å². The average Bonchev–Trinajstić information content (AvgIpc) is 1.98. The summed E-state index contributed by atoms with van der Waals surface area (Å²) in [7, 11) is 0. The lowest BCUT2D eigenvalue weighted by atomic mass is 10.3. The van der Waals surface area contributed by atoms with Gasteiger partial charge in [-0.3, -0.25) is 4.79 Å². The molecule has 0 heterocycles. The van der Waals surface area contributed by atoms with Crippen LogP contribution < -0.4 is 11.1 Å². The molecule has 0 saturated carbocycles. The van der Waals surface area contributed by atoms with Crippen molar-refractivity contribution in [2.24, 2.45) is 5.73 Å². The quantitative estimate of drug-likeness (QED) is 0.650. The van der Waals surface area contributed by atoms with Gasteiger partial charge in [-0.05, 0) is 0 Å². The first-order valence-corrected chi connectivity index (χ1v) is 3.12. The maximum Gasteiger partial charge on any atom is 0.455 e. The minimum absolute atomic E-state index is 0.631. The third kappa shape index (κ3) is 3.53. The zero-order valence-corrected chi connectivity index (χ0v) is 6.29. The largest absolute Gasteiger partial charge is 0.455 e. The topological polar surface area (TPSA) is 55.1 Å². The predicted molar refractivity (Wildman–Crippen MR) is 33.1 cm³/mol. The van der Waals surface area contributed by atoms with Gasteiger partial charge in [-0.25, -0.2) is 0 Å². The fourth-order valence-electron chi connectivity index (χ4n) is 0.382. The van der Waals surface area contributed by atoms with E-state index in [1.165, 1.54) is 5.32 Å². The number of halogens is 5. The van der Waals surface area contributed by atoms with Crippen molar-refractivity contribution in [1.29, 1.82) is 0 Å². The minimum Gasteiger partial charge on any atom is -0.349 e. The molecule has 1 amide bonds. The molecule has 8 heteroatoms. The Labute approximate surface area is 70.1 Å². The fraction of sp³-hybridized carbons (Fsp3) is 0.800. The molecule has 0 aliphatic heterocycles. The molecule has 0 radical (unpaired) electrons. The molecule has 0 saturated heterocycles. The van der Waals surface area contributed by atoms with E-state index in [-0.39, 0.29) is 0 Å². The molecule has 0 aromatic heterocycles. The summed E-state index contributed by atoms with van der Waals surface area (Å²) in [4.78, 5) is 10.2. The Kier molecular flexibility index (Phi) is 3.59. The highest BCUT2D eigenvalue weighted by Gasteiger charge is 2.57. The highest BCUT2D eigenvalue weighted by Crippen LogP contribution is 2.34. The Morgan fingerprint density at radius 1 is 1.23 bits per heavy atom. The van der Waals surface area contributed by atoms with Gasteiger partial charge in [0.1, 0.15) is 0 Å². The molecular weight excluding hydrogens is 199 g/mol. The second kappa shape index (κ2) is 3.86. The van der Waals surface area contributed by atoms with Crippen LogP contribution in [0.4, 0.5) is 22.0 Å². The van der Waals surface area contributed by atoms with Crippen LogP contribution >= 0.6 is 0 Å². The van der Waals surface area contributed by atoms with E-state index >= 15 is 0 Å². The monoisotopic (exact) mass is 206 g/mol. The van der Waals surface area contributed by atoms with Gasteiger partial charge in [0.2, 0.25) is 5.91 Å². The fourth-order valence-corrected chi connectivity index (χ4v) is 0.382. The Bertz CT molecular complexity index is 190. The summed E-state index contributed by atoms with van der Waals surface area (Å²) >= 11 is 0. The number of nitrogens with two attached hydrogens (primary N) is 1. The van der Waals surface area contributed by atoms with E-state index in [0.717, 1.165) is 0 Å². The third-order valence-electron chi connectivity index (χ3n) is 1.11. The summed E-state index contributed by atoms with van der Waals surface area (Å²) in [5.41, 5.74) is 4.67. The molecule has 78 valence electrons. The number of hydrogen-bond acceptors (Lipinski definition) is 2. The molecule has 3 nitrogen and oxygen atoms in total. The lowest BCUT2D eigenvalue weighted by molar-refractivity contribution is -0.278. The van der Waals surface area contributed by atoms with Crippen molar-refractivity contribution in [3.8, 4) is 0 Å². The van der Waals surface area contributed by atoms with Crippen LogP contribution in [0.15, 0.2) is 0 Å². The number of nitrogens with one attached hydrogen (secondary N) is 1. The zero-order valence-electron chi connectivity index (χ0n) is 6.29. The molecule has 0 atom stereocenters. The van der Waals surface area contributed by atoms with Gasteiger partial charge in [0, 0.05) is 0 Å². The summed E-state index contributed by atoms with van der Waals surface area (Å²) in [5.74, 6) is -5.98. The minimum atomic E-state index is -5.66. The van der Waals surface area contributed by atoms with Crippen molar-refractivity contribution in [2.45, 2.75) is 12.1 Å². The second-order valence-corrected chi connectivity index (χ2v) is 2.18. The van der Waals surface area contributed by atoms with Gasteiger partial charge < -0.3 is 11.1 Å². The van der Waals surface area contributed by atoms with Crippen molar-refractivity contribution in [3.05, 3.63) is 0 Å². The van der Waals surface area contributed by atoms with Crippen molar-refractivity contribution in [1.82, 2.24) is 5.32 Å². The molecule has 0 fully saturated rings. The Balaban J connectivity index is 4.12. The van der Waals surface area contributed by atoms with Crippen molar-refractivity contribution in [3.63, 3.8) is 0 Å². The molecule has 0 aromatic carbocycles. The van der Waals surface area contributed by atoms with E-state index in [1.807, 2.05) is 0 Å². The standard InChI is InChI=1S/C5H7F5N2O/c6-4(7,5(8,9)10)2-12-3(13)1-11/h1-2,11H2,(H,12,13). The maximum atomic E-state index is 12.0. The molecule has 0 aromatic rings. The summed E-state index contributed by atoms with van der Waals surface area (Å²) < 4.78 is 58.5. The van der Waals surface area contributed by atoms with Crippen LogP contribution in [0.25, 0.3) is 0 Å². The van der Waals surface area contributed by atoms with Gasteiger partial charge in [0.05, 0.1) is 13.1 Å². The van der Waals surface area contributed by atoms with E-state index in [0.29, 0.717) is 0 Å². The summed E-state index contributed by atoms with van der Waals surface area (Å²) in [6.45, 7) is -2.42. The van der Waals surface area contributed by atoms with Crippen molar-refractivity contribution < 1.29 is 26.7 Å².